The number of anilines is 2. The molecule has 3 aromatic rings. The molecule has 8 nitrogen and oxygen atoms in total. The van der Waals surface area contributed by atoms with Gasteiger partial charge in [-0.1, -0.05) is 6.92 Å². The molecule has 3 aromatic heterocycles. The summed E-state index contributed by atoms with van der Waals surface area (Å²) in [4.78, 5) is 34.1. The molecule has 170 valence electrons. The van der Waals surface area contributed by atoms with Crippen molar-refractivity contribution in [1.82, 2.24) is 24.8 Å². The molecule has 0 radical (unpaired) electrons. The van der Waals surface area contributed by atoms with E-state index >= 15 is 0 Å². The maximum atomic E-state index is 12.5. The molecule has 2 amide bonds. The summed E-state index contributed by atoms with van der Waals surface area (Å²) in [7, 11) is 1.74. The van der Waals surface area contributed by atoms with E-state index in [0.717, 1.165) is 40.9 Å². The smallest absolute Gasteiger partial charge is 0.317 e. The first-order chi connectivity index (χ1) is 15.0. The first kappa shape index (κ1) is 21.9. The number of aromatic nitrogens is 3. The number of pyridine rings is 2. The average molecular weight is 437 g/mol. The van der Waals surface area contributed by atoms with Crippen LogP contribution in [0, 0.1) is 0 Å². The Balaban J connectivity index is 1.54. The van der Waals surface area contributed by atoms with Crippen LogP contribution in [-0.4, -0.2) is 44.1 Å². The van der Waals surface area contributed by atoms with E-state index in [2.05, 4.69) is 33.6 Å². The zero-order valence-corrected chi connectivity index (χ0v) is 19.5. The second kappa shape index (κ2) is 8.00. The highest BCUT2D eigenvalue weighted by Gasteiger charge is 2.35. The third kappa shape index (κ3) is 4.49. The maximum absolute atomic E-state index is 12.5. The molecule has 0 saturated carbocycles. The number of H-pyrrole nitrogens is 1. The third-order valence-corrected chi connectivity index (χ3v) is 6.18. The first-order valence-corrected chi connectivity index (χ1v) is 11.0. The molecule has 32 heavy (non-hydrogen) atoms. The van der Waals surface area contributed by atoms with Crippen LogP contribution in [-0.2, 0) is 12.5 Å². The number of aromatic amines is 1. The van der Waals surface area contributed by atoms with Gasteiger partial charge in [0.1, 0.15) is 5.65 Å². The van der Waals surface area contributed by atoms with E-state index in [9.17, 15) is 9.59 Å². The molecule has 4 heterocycles. The Labute approximate surface area is 188 Å². The van der Waals surface area contributed by atoms with E-state index < -0.39 is 0 Å². The molecule has 0 unspecified atom stereocenters. The number of likely N-dealkylation sites (tertiary alicyclic amines) is 1. The van der Waals surface area contributed by atoms with Gasteiger partial charge in [0.2, 0.25) is 5.56 Å². The molecule has 1 aliphatic rings. The van der Waals surface area contributed by atoms with Crippen molar-refractivity contribution in [2.24, 2.45) is 7.05 Å². The van der Waals surface area contributed by atoms with Gasteiger partial charge in [0.05, 0.1) is 11.4 Å². The van der Waals surface area contributed by atoms with Crippen LogP contribution in [0.15, 0.2) is 41.5 Å². The number of nitrogens with one attached hydrogen (secondary N) is 3. The Morgan fingerprint density at radius 2 is 1.91 bits per heavy atom. The predicted octanol–water partition coefficient (Wildman–Crippen LogP) is 3.87. The summed E-state index contributed by atoms with van der Waals surface area (Å²) >= 11 is 0. The van der Waals surface area contributed by atoms with Crippen molar-refractivity contribution in [3.8, 4) is 0 Å². The highest BCUT2D eigenvalue weighted by molar-refractivity contribution is 5.92. The molecule has 0 aromatic carbocycles. The van der Waals surface area contributed by atoms with Gasteiger partial charge in [-0.2, -0.15) is 0 Å². The van der Waals surface area contributed by atoms with Crippen molar-refractivity contribution < 1.29 is 4.79 Å². The number of urea groups is 1. The number of piperidine rings is 1. The number of rotatable bonds is 3. The third-order valence-electron chi connectivity index (χ3n) is 6.18. The van der Waals surface area contributed by atoms with Gasteiger partial charge < -0.3 is 25.1 Å². The average Bonchev–Trinajstić information content (AvgIpc) is 3.16. The molecule has 0 atom stereocenters. The molecule has 1 saturated heterocycles. The number of hydrogen-bond donors (Lipinski definition) is 3. The Morgan fingerprint density at radius 3 is 2.56 bits per heavy atom. The molecule has 1 fully saturated rings. The molecular formula is C24H32N6O2. The van der Waals surface area contributed by atoms with Crippen LogP contribution in [0.5, 0.6) is 0 Å². The largest absolute Gasteiger partial charge is 0.354 e. The highest BCUT2D eigenvalue weighted by Crippen LogP contribution is 2.37. The number of fused-ring (bicyclic) bond motifs is 1. The van der Waals surface area contributed by atoms with Gasteiger partial charge in [-0.05, 0) is 51.8 Å². The van der Waals surface area contributed by atoms with Crippen molar-refractivity contribution >= 4 is 28.4 Å². The van der Waals surface area contributed by atoms with Gasteiger partial charge in [-0.15, -0.1) is 0 Å². The molecule has 0 bridgehead atoms. The Bertz CT molecular complexity index is 1200. The van der Waals surface area contributed by atoms with Crippen LogP contribution < -0.4 is 16.2 Å². The van der Waals surface area contributed by atoms with Crippen LogP contribution >= 0.6 is 0 Å². The minimum absolute atomic E-state index is 0.00149. The molecule has 1 aliphatic heterocycles. The lowest BCUT2D eigenvalue weighted by molar-refractivity contribution is 0.155. The second-order valence-electron chi connectivity index (χ2n) is 10.0. The fourth-order valence-electron chi connectivity index (χ4n) is 4.16. The van der Waals surface area contributed by atoms with Crippen molar-refractivity contribution in [2.45, 2.75) is 51.5 Å². The molecule has 4 rings (SSSR count). The number of carbonyl (C=O) groups excluding carboxylic acids is 1. The van der Waals surface area contributed by atoms with E-state index in [4.69, 9.17) is 0 Å². The van der Waals surface area contributed by atoms with Gasteiger partial charge >= 0.3 is 6.03 Å². The lowest BCUT2D eigenvalue weighted by Gasteiger charge is -2.39. The standard InChI is InChI=1S/C24H32N6O2/c1-23(2,3)28-22(32)30-12-9-24(4,10-13-30)19-14-17-18(8-11-25-21(17)27-19)26-16-6-7-20(31)29(5)15-16/h6-8,11,14-15H,9-10,12-13H2,1-5H3,(H,28,32)(H2,25,26,27). The molecule has 3 N–H and O–H groups in total. The minimum Gasteiger partial charge on any atom is -0.354 e. The van der Waals surface area contributed by atoms with Crippen LogP contribution in [0.1, 0.15) is 46.2 Å². The summed E-state index contributed by atoms with van der Waals surface area (Å²) in [5, 5.41) is 7.47. The maximum Gasteiger partial charge on any atom is 0.317 e. The fourth-order valence-corrected chi connectivity index (χ4v) is 4.16. The van der Waals surface area contributed by atoms with Gasteiger partial charge in [0, 0.05) is 60.6 Å². The van der Waals surface area contributed by atoms with E-state index in [1.54, 1.807) is 36.1 Å². The lowest BCUT2D eigenvalue weighted by atomic mass is 9.77. The molecule has 0 aliphatic carbocycles. The van der Waals surface area contributed by atoms with Gasteiger partial charge in [0.25, 0.3) is 0 Å². The van der Waals surface area contributed by atoms with Crippen molar-refractivity contribution in [3.05, 3.63) is 52.7 Å². The first-order valence-electron chi connectivity index (χ1n) is 11.0. The normalized spacial score (nSPS) is 16.2. The zero-order valence-electron chi connectivity index (χ0n) is 19.5. The summed E-state index contributed by atoms with van der Waals surface area (Å²) in [6, 6.07) is 7.43. The fraction of sp³-hybridized carbons (Fsp3) is 0.458. The molecule has 0 spiro atoms. The number of hydrogen-bond acceptors (Lipinski definition) is 4. The lowest BCUT2D eigenvalue weighted by Crippen LogP contribution is -2.52. The SMILES string of the molecule is Cn1cc(Nc2ccnc3[nH]c(C4(C)CCN(C(=O)NC(C)(C)C)CC4)cc23)ccc1=O. The summed E-state index contributed by atoms with van der Waals surface area (Å²) in [5.41, 5.74) is 3.38. The predicted molar refractivity (Wildman–Crippen MR) is 128 cm³/mol. The number of nitrogens with zero attached hydrogens (tertiary/aromatic N) is 3. The summed E-state index contributed by atoms with van der Waals surface area (Å²) < 4.78 is 1.55. The Hall–Kier alpha value is -3.29. The van der Waals surface area contributed by atoms with Gasteiger partial charge in [-0.25, -0.2) is 9.78 Å². The number of carbonyl (C=O) groups is 1. The van der Waals surface area contributed by atoms with Crippen LogP contribution in [0.4, 0.5) is 16.2 Å². The monoisotopic (exact) mass is 436 g/mol. The highest BCUT2D eigenvalue weighted by atomic mass is 16.2. The number of amides is 2. The second-order valence-corrected chi connectivity index (χ2v) is 10.0. The quantitative estimate of drug-likeness (QED) is 0.581. The molecule has 8 heteroatoms. The number of aryl methyl sites for hydroxylation is 1. The van der Waals surface area contributed by atoms with Crippen LogP contribution in [0.2, 0.25) is 0 Å². The Morgan fingerprint density at radius 1 is 1.19 bits per heavy atom. The topological polar surface area (TPSA) is 95.1 Å². The van der Waals surface area contributed by atoms with Crippen molar-refractivity contribution in [2.75, 3.05) is 18.4 Å². The van der Waals surface area contributed by atoms with E-state index in [0.29, 0.717) is 13.1 Å². The summed E-state index contributed by atoms with van der Waals surface area (Å²) in [6.45, 7) is 9.66. The van der Waals surface area contributed by atoms with E-state index in [1.807, 2.05) is 31.7 Å². The van der Waals surface area contributed by atoms with E-state index in [-0.39, 0.29) is 22.5 Å². The van der Waals surface area contributed by atoms with Crippen LogP contribution in [0.25, 0.3) is 11.0 Å². The van der Waals surface area contributed by atoms with Crippen LogP contribution in [0.3, 0.4) is 0 Å². The van der Waals surface area contributed by atoms with Crippen molar-refractivity contribution in [1.29, 1.82) is 0 Å². The minimum atomic E-state index is -0.241. The van der Waals surface area contributed by atoms with E-state index in [1.165, 1.54) is 0 Å². The zero-order chi connectivity index (χ0) is 23.1. The Kier molecular flexibility index (Phi) is 5.48. The van der Waals surface area contributed by atoms with Crippen molar-refractivity contribution in [3.63, 3.8) is 0 Å². The molecular weight excluding hydrogens is 404 g/mol. The summed E-state index contributed by atoms with van der Waals surface area (Å²) in [6.07, 6.45) is 5.30. The van der Waals surface area contributed by atoms with Gasteiger partial charge in [0.15, 0.2) is 0 Å². The summed E-state index contributed by atoms with van der Waals surface area (Å²) in [5.74, 6) is 0. The van der Waals surface area contributed by atoms with Gasteiger partial charge in [-0.3, -0.25) is 4.79 Å².